The number of hydrogen-bond donors (Lipinski definition) is 2. The van der Waals surface area contributed by atoms with Gasteiger partial charge < -0.3 is 10.1 Å². The SMILES string of the molecule is COCCNS(=O)(=O)c1ccc(CNC(=O)/C=C/c2ccc(F)cc2)cc1. The maximum Gasteiger partial charge on any atom is 0.244 e. The fraction of sp³-hybridized carbons (Fsp3) is 0.211. The first-order chi connectivity index (χ1) is 12.9. The molecule has 0 aliphatic heterocycles. The quantitative estimate of drug-likeness (QED) is 0.506. The lowest BCUT2D eigenvalue weighted by molar-refractivity contribution is -0.116. The largest absolute Gasteiger partial charge is 0.383 e. The fourth-order valence-corrected chi connectivity index (χ4v) is 3.15. The van der Waals surface area contributed by atoms with Crippen LogP contribution in [0.1, 0.15) is 11.1 Å². The van der Waals surface area contributed by atoms with E-state index in [1.165, 1.54) is 37.5 Å². The molecule has 6 nitrogen and oxygen atoms in total. The molecule has 0 aliphatic carbocycles. The number of hydrogen-bond acceptors (Lipinski definition) is 4. The van der Waals surface area contributed by atoms with Crippen molar-refractivity contribution < 1.29 is 22.3 Å². The van der Waals surface area contributed by atoms with Crippen LogP contribution in [-0.2, 0) is 26.1 Å². The van der Waals surface area contributed by atoms with Gasteiger partial charge in [0.25, 0.3) is 0 Å². The Hall–Kier alpha value is -2.55. The maximum absolute atomic E-state index is 12.8. The minimum absolute atomic E-state index is 0.143. The molecule has 0 bridgehead atoms. The predicted octanol–water partition coefficient (Wildman–Crippen LogP) is 2.08. The van der Waals surface area contributed by atoms with Crippen LogP contribution in [0.5, 0.6) is 0 Å². The first kappa shape index (κ1) is 20.8. The van der Waals surface area contributed by atoms with Crippen LogP contribution in [0, 0.1) is 5.82 Å². The Labute approximate surface area is 158 Å². The lowest BCUT2D eigenvalue weighted by atomic mass is 10.2. The standard InChI is InChI=1S/C19H21FN2O4S/c1-26-13-12-22-27(24,25)18-9-4-16(5-10-18)14-21-19(23)11-6-15-2-7-17(20)8-3-15/h2-11,22H,12-14H2,1H3,(H,21,23)/b11-6+. The van der Waals surface area contributed by atoms with Gasteiger partial charge in [-0.05, 0) is 41.5 Å². The van der Waals surface area contributed by atoms with Gasteiger partial charge in [0, 0.05) is 26.3 Å². The van der Waals surface area contributed by atoms with Crippen LogP contribution >= 0.6 is 0 Å². The molecule has 2 aromatic carbocycles. The maximum atomic E-state index is 12.8. The molecular weight excluding hydrogens is 371 g/mol. The Kier molecular flexibility index (Phi) is 7.66. The molecule has 0 saturated heterocycles. The van der Waals surface area contributed by atoms with Crippen LogP contribution in [0.4, 0.5) is 4.39 Å². The van der Waals surface area contributed by atoms with Gasteiger partial charge in [-0.2, -0.15) is 0 Å². The van der Waals surface area contributed by atoms with Crippen LogP contribution in [0.25, 0.3) is 6.08 Å². The van der Waals surface area contributed by atoms with Crippen molar-refractivity contribution in [2.75, 3.05) is 20.3 Å². The molecule has 0 aromatic heterocycles. The molecule has 1 amide bonds. The van der Waals surface area contributed by atoms with Crippen LogP contribution in [-0.4, -0.2) is 34.6 Å². The molecule has 0 aliphatic rings. The molecule has 27 heavy (non-hydrogen) atoms. The molecule has 0 radical (unpaired) electrons. The van der Waals surface area contributed by atoms with Crippen molar-refractivity contribution in [3.8, 4) is 0 Å². The number of carbonyl (C=O) groups is 1. The number of sulfonamides is 1. The van der Waals surface area contributed by atoms with Gasteiger partial charge in [-0.3, -0.25) is 4.79 Å². The monoisotopic (exact) mass is 392 g/mol. The van der Waals surface area contributed by atoms with E-state index >= 15 is 0 Å². The highest BCUT2D eigenvalue weighted by molar-refractivity contribution is 7.89. The lowest BCUT2D eigenvalue weighted by Crippen LogP contribution is -2.27. The highest BCUT2D eigenvalue weighted by atomic mass is 32.2. The highest BCUT2D eigenvalue weighted by Gasteiger charge is 2.12. The first-order valence-corrected chi connectivity index (χ1v) is 9.68. The average molecular weight is 392 g/mol. The van der Waals surface area contributed by atoms with Gasteiger partial charge in [0.1, 0.15) is 5.82 Å². The van der Waals surface area contributed by atoms with Gasteiger partial charge in [0.15, 0.2) is 0 Å². The van der Waals surface area contributed by atoms with E-state index in [0.717, 1.165) is 5.56 Å². The fourth-order valence-electron chi connectivity index (χ4n) is 2.14. The number of benzene rings is 2. The summed E-state index contributed by atoms with van der Waals surface area (Å²) in [5, 5.41) is 2.70. The second-order valence-corrected chi connectivity index (χ2v) is 7.40. The Morgan fingerprint density at radius 3 is 2.41 bits per heavy atom. The van der Waals surface area contributed by atoms with E-state index in [-0.39, 0.29) is 36.3 Å². The summed E-state index contributed by atoms with van der Waals surface area (Å²) in [6, 6.07) is 12.0. The molecule has 0 unspecified atom stereocenters. The zero-order valence-corrected chi connectivity index (χ0v) is 15.6. The number of carbonyl (C=O) groups excluding carboxylic acids is 1. The minimum atomic E-state index is -3.58. The van der Waals surface area contributed by atoms with Gasteiger partial charge in [-0.15, -0.1) is 0 Å². The number of halogens is 1. The molecule has 8 heteroatoms. The van der Waals surface area contributed by atoms with Crippen LogP contribution < -0.4 is 10.0 Å². The molecule has 2 rings (SSSR count). The first-order valence-electron chi connectivity index (χ1n) is 8.20. The Morgan fingerprint density at radius 2 is 1.78 bits per heavy atom. The second-order valence-electron chi connectivity index (χ2n) is 5.64. The van der Waals surface area contributed by atoms with Gasteiger partial charge >= 0.3 is 0 Å². The summed E-state index contributed by atoms with van der Waals surface area (Å²) in [5.41, 5.74) is 1.47. The van der Waals surface area contributed by atoms with Crippen LogP contribution in [0.2, 0.25) is 0 Å². The van der Waals surface area contributed by atoms with Crippen molar-refractivity contribution in [3.63, 3.8) is 0 Å². The van der Waals surface area contributed by atoms with Crippen molar-refractivity contribution in [1.29, 1.82) is 0 Å². The van der Waals surface area contributed by atoms with Crippen molar-refractivity contribution in [3.05, 3.63) is 71.6 Å². The zero-order chi connectivity index (χ0) is 19.7. The van der Waals surface area contributed by atoms with Crippen LogP contribution in [0.3, 0.4) is 0 Å². The van der Waals surface area contributed by atoms with E-state index in [9.17, 15) is 17.6 Å². The van der Waals surface area contributed by atoms with E-state index < -0.39 is 10.0 Å². The summed E-state index contributed by atoms with van der Waals surface area (Å²) in [6.45, 7) is 0.732. The van der Waals surface area contributed by atoms with Crippen molar-refractivity contribution >= 4 is 22.0 Å². The Morgan fingerprint density at radius 1 is 1.11 bits per heavy atom. The van der Waals surface area contributed by atoms with E-state index in [1.807, 2.05) is 0 Å². The molecule has 0 saturated carbocycles. The van der Waals surface area contributed by atoms with Crippen molar-refractivity contribution in [2.45, 2.75) is 11.4 Å². The third-order valence-electron chi connectivity index (χ3n) is 3.60. The summed E-state index contributed by atoms with van der Waals surface area (Å²) < 4.78 is 44.2. The van der Waals surface area contributed by atoms with E-state index in [4.69, 9.17) is 4.74 Å². The van der Waals surface area contributed by atoms with Gasteiger partial charge in [0.05, 0.1) is 11.5 Å². The van der Waals surface area contributed by atoms with Gasteiger partial charge in [0.2, 0.25) is 15.9 Å². The number of ether oxygens (including phenoxy) is 1. The highest BCUT2D eigenvalue weighted by Crippen LogP contribution is 2.10. The average Bonchev–Trinajstić information content (AvgIpc) is 2.66. The Bertz CT molecular complexity index is 879. The normalized spacial score (nSPS) is 11.6. The van der Waals surface area contributed by atoms with E-state index in [0.29, 0.717) is 5.56 Å². The number of amides is 1. The molecule has 2 aromatic rings. The minimum Gasteiger partial charge on any atom is -0.383 e. The summed E-state index contributed by atoms with van der Waals surface area (Å²) in [6.07, 6.45) is 2.93. The van der Waals surface area contributed by atoms with Crippen molar-refractivity contribution in [1.82, 2.24) is 10.0 Å². The van der Waals surface area contributed by atoms with E-state index in [1.54, 1.807) is 30.3 Å². The zero-order valence-electron chi connectivity index (χ0n) is 14.8. The number of rotatable bonds is 9. The van der Waals surface area contributed by atoms with E-state index in [2.05, 4.69) is 10.0 Å². The molecule has 144 valence electrons. The third kappa shape index (κ3) is 6.93. The molecule has 0 atom stereocenters. The number of nitrogens with one attached hydrogen (secondary N) is 2. The smallest absolute Gasteiger partial charge is 0.244 e. The Balaban J connectivity index is 1.87. The molecule has 0 fully saturated rings. The van der Waals surface area contributed by atoms with Crippen molar-refractivity contribution in [2.24, 2.45) is 0 Å². The summed E-state index contributed by atoms with van der Waals surface area (Å²) >= 11 is 0. The van der Waals surface area contributed by atoms with Gasteiger partial charge in [-0.25, -0.2) is 17.5 Å². The topological polar surface area (TPSA) is 84.5 Å². The molecule has 0 heterocycles. The van der Waals surface area contributed by atoms with Crippen LogP contribution in [0.15, 0.2) is 59.5 Å². The predicted molar refractivity (Wildman–Crippen MR) is 101 cm³/mol. The summed E-state index contributed by atoms with van der Waals surface area (Å²) in [4.78, 5) is 12.0. The third-order valence-corrected chi connectivity index (χ3v) is 5.07. The molecular formula is C19H21FN2O4S. The summed E-state index contributed by atoms with van der Waals surface area (Å²) in [7, 11) is -2.09. The summed E-state index contributed by atoms with van der Waals surface area (Å²) in [5.74, 6) is -0.645. The number of methoxy groups -OCH3 is 1. The molecule has 0 spiro atoms. The van der Waals surface area contributed by atoms with Gasteiger partial charge in [-0.1, -0.05) is 24.3 Å². The second kappa shape index (κ2) is 9.96. The molecule has 2 N–H and O–H groups in total. The lowest BCUT2D eigenvalue weighted by Gasteiger charge is -2.07.